The minimum atomic E-state index is -0.938. The zero-order chi connectivity index (χ0) is 17.9. The molecule has 0 saturated heterocycles. The molecule has 6 heteroatoms. The van der Waals surface area contributed by atoms with E-state index in [2.05, 4.69) is 24.3 Å². The number of carboxylic acids is 1. The zero-order valence-corrected chi connectivity index (χ0v) is 15.1. The standard InChI is InChI=1S/C18H29N3O3/c1-11(2)10-21-13(4)15(12(3)20-21)7-8-17(22)19-16(18(23)24)9-14-5-6-14/h11,14,16H,5-10H2,1-4H3,(H,19,22)(H,23,24). The number of aryl methyl sites for hydroxylation is 1. The van der Waals surface area contributed by atoms with E-state index in [0.29, 0.717) is 31.1 Å². The Morgan fingerprint density at radius 2 is 2.00 bits per heavy atom. The third kappa shape index (κ3) is 5.08. The van der Waals surface area contributed by atoms with Crippen molar-refractivity contribution in [2.75, 3.05) is 0 Å². The summed E-state index contributed by atoms with van der Waals surface area (Å²) in [7, 11) is 0. The first-order valence-corrected chi connectivity index (χ1v) is 8.83. The summed E-state index contributed by atoms with van der Waals surface area (Å²) in [6.45, 7) is 9.15. The van der Waals surface area contributed by atoms with E-state index in [4.69, 9.17) is 0 Å². The van der Waals surface area contributed by atoms with Gasteiger partial charge in [0.25, 0.3) is 0 Å². The summed E-state index contributed by atoms with van der Waals surface area (Å²) in [5.74, 6) is -0.158. The summed E-state index contributed by atoms with van der Waals surface area (Å²) in [5, 5.41) is 16.5. The maximum Gasteiger partial charge on any atom is 0.326 e. The van der Waals surface area contributed by atoms with Gasteiger partial charge in [-0.05, 0) is 44.1 Å². The summed E-state index contributed by atoms with van der Waals surface area (Å²) >= 11 is 0. The van der Waals surface area contributed by atoms with Crippen LogP contribution in [0.5, 0.6) is 0 Å². The summed E-state index contributed by atoms with van der Waals surface area (Å²) in [4.78, 5) is 23.4. The number of hydrogen-bond acceptors (Lipinski definition) is 3. The number of nitrogens with one attached hydrogen (secondary N) is 1. The Morgan fingerprint density at radius 1 is 1.33 bits per heavy atom. The lowest BCUT2D eigenvalue weighted by atomic mass is 10.1. The number of carbonyl (C=O) groups excluding carboxylic acids is 1. The fraction of sp³-hybridized carbons (Fsp3) is 0.722. The van der Waals surface area contributed by atoms with Crippen molar-refractivity contribution >= 4 is 11.9 Å². The average molecular weight is 335 g/mol. The van der Waals surface area contributed by atoms with Gasteiger partial charge in [0.15, 0.2) is 0 Å². The van der Waals surface area contributed by atoms with Gasteiger partial charge < -0.3 is 10.4 Å². The van der Waals surface area contributed by atoms with Gasteiger partial charge in [0, 0.05) is 18.7 Å². The number of aliphatic carboxylic acids is 1. The minimum Gasteiger partial charge on any atom is -0.480 e. The smallest absolute Gasteiger partial charge is 0.326 e. The Bertz CT molecular complexity index is 603. The van der Waals surface area contributed by atoms with Gasteiger partial charge in [-0.3, -0.25) is 9.48 Å². The van der Waals surface area contributed by atoms with Crippen LogP contribution in [0.4, 0.5) is 0 Å². The highest BCUT2D eigenvalue weighted by atomic mass is 16.4. The third-order valence-electron chi connectivity index (χ3n) is 4.57. The van der Waals surface area contributed by atoms with Gasteiger partial charge in [0.05, 0.1) is 5.69 Å². The molecule has 0 aromatic carbocycles. The van der Waals surface area contributed by atoms with Gasteiger partial charge >= 0.3 is 5.97 Å². The Labute approximate surface area is 143 Å². The van der Waals surface area contributed by atoms with Crippen LogP contribution >= 0.6 is 0 Å². The molecule has 0 bridgehead atoms. The summed E-state index contributed by atoms with van der Waals surface area (Å²) in [6, 6.07) is -0.754. The predicted octanol–water partition coefficient (Wildman–Crippen LogP) is 2.46. The molecule has 1 unspecified atom stereocenters. The summed E-state index contributed by atoms with van der Waals surface area (Å²) < 4.78 is 2.00. The second-order valence-corrected chi connectivity index (χ2v) is 7.36. The van der Waals surface area contributed by atoms with Gasteiger partial charge in [-0.15, -0.1) is 0 Å². The van der Waals surface area contributed by atoms with Gasteiger partial charge in [0.2, 0.25) is 5.91 Å². The Morgan fingerprint density at radius 3 is 2.54 bits per heavy atom. The van der Waals surface area contributed by atoms with Crippen LogP contribution in [0, 0.1) is 25.7 Å². The molecule has 134 valence electrons. The van der Waals surface area contributed by atoms with E-state index in [9.17, 15) is 14.7 Å². The van der Waals surface area contributed by atoms with E-state index in [1.165, 1.54) is 0 Å². The lowest BCUT2D eigenvalue weighted by Crippen LogP contribution is -2.41. The molecule has 2 rings (SSSR count). The van der Waals surface area contributed by atoms with E-state index >= 15 is 0 Å². The Kier molecular flexibility index (Phi) is 6.02. The van der Waals surface area contributed by atoms with Crippen molar-refractivity contribution in [2.45, 2.75) is 72.4 Å². The SMILES string of the molecule is Cc1nn(CC(C)C)c(C)c1CCC(=O)NC(CC1CC1)C(=O)O. The van der Waals surface area contributed by atoms with Crippen LogP contribution in [-0.2, 0) is 22.6 Å². The molecule has 0 aliphatic heterocycles. The molecule has 2 N–H and O–H groups in total. The van der Waals surface area contributed by atoms with Gasteiger partial charge in [-0.2, -0.15) is 5.10 Å². The van der Waals surface area contributed by atoms with Crippen LogP contribution < -0.4 is 5.32 Å². The average Bonchev–Trinajstić information content (AvgIpc) is 3.24. The number of aromatic nitrogens is 2. The third-order valence-corrected chi connectivity index (χ3v) is 4.57. The number of nitrogens with zero attached hydrogens (tertiary/aromatic N) is 2. The Hall–Kier alpha value is -1.85. The molecule has 0 spiro atoms. The van der Waals surface area contributed by atoms with E-state index in [1.54, 1.807) is 0 Å². The molecule has 1 aliphatic rings. The van der Waals surface area contributed by atoms with E-state index in [0.717, 1.165) is 36.3 Å². The minimum absolute atomic E-state index is 0.196. The lowest BCUT2D eigenvalue weighted by molar-refractivity contribution is -0.142. The van der Waals surface area contributed by atoms with Crippen LogP contribution in [0.1, 0.15) is 56.5 Å². The largest absolute Gasteiger partial charge is 0.480 e. The number of amides is 1. The summed E-state index contributed by atoms with van der Waals surface area (Å²) in [6.07, 6.45) is 3.59. The Balaban J connectivity index is 1.91. The van der Waals surface area contributed by atoms with Crippen molar-refractivity contribution in [2.24, 2.45) is 11.8 Å². The van der Waals surface area contributed by atoms with Gasteiger partial charge in [-0.1, -0.05) is 26.7 Å². The normalized spacial score (nSPS) is 15.5. The van der Waals surface area contributed by atoms with Crippen molar-refractivity contribution in [3.63, 3.8) is 0 Å². The van der Waals surface area contributed by atoms with E-state index in [-0.39, 0.29) is 5.91 Å². The highest BCUT2D eigenvalue weighted by Crippen LogP contribution is 2.33. The quantitative estimate of drug-likeness (QED) is 0.726. The molecule has 6 nitrogen and oxygen atoms in total. The van der Waals surface area contributed by atoms with E-state index < -0.39 is 12.0 Å². The van der Waals surface area contributed by atoms with Crippen LogP contribution in [0.2, 0.25) is 0 Å². The molecule has 1 saturated carbocycles. The molecule has 0 radical (unpaired) electrons. The number of carbonyl (C=O) groups is 2. The first-order chi connectivity index (χ1) is 11.3. The molecule has 1 amide bonds. The molecular formula is C18H29N3O3. The zero-order valence-electron chi connectivity index (χ0n) is 15.1. The molecule has 1 aromatic rings. The highest BCUT2D eigenvalue weighted by molar-refractivity contribution is 5.83. The molecule has 1 atom stereocenters. The number of carboxylic acid groups (broad SMARTS) is 1. The number of rotatable bonds is 9. The monoisotopic (exact) mass is 335 g/mol. The van der Waals surface area contributed by atoms with E-state index in [1.807, 2.05) is 18.5 Å². The first kappa shape index (κ1) is 18.5. The van der Waals surface area contributed by atoms with Crippen LogP contribution in [0.3, 0.4) is 0 Å². The van der Waals surface area contributed by atoms with Crippen molar-refractivity contribution in [1.82, 2.24) is 15.1 Å². The topological polar surface area (TPSA) is 84.2 Å². The number of hydrogen-bond donors (Lipinski definition) is 2. The van der Waals surface area contributed by atoms with Crippen molar-refractivity contribution < 1.29 is 14.7 Å². The second-order valence-electron chi connectivity index (χ2n) is 7.36. The predicted molar refractivity (Wildman–Crippen MR) is 91.8 cm³/mol. The molecule has 1 aromatic heterocycles. The van der Waals surface area contributed by atoms with Crippen LogP contribution in [0.25, 0.3) is 0 Å². The molecule has 24 heavy (non-hydrogen) atoms. The van der Waals surface area contributed by atoms with Crippen molar-refractivity contribution in [3.8, 4) is 0 Å². The highest BCUT2D eigenvalue weighted by Gasteiger charge is 2.30. The lowest BCUT2D eigenvalue weighted by Gasteiger charge is -2.14. The first-order valence-electron chi connectivity index (χ1n) is 8.83. The van der Waals surface area contributed by atoms with Crippen molar-refractivity contribution in [3.05, 3.63) is 17.0 Å². The van der Waals surface area contributed by atoms with Crippen molar-refractivity contribution in [1.29, 1.82) is 0 Å². The maximum absolute atomic E-state index is 12.1. The maximum atomic E-state index is 12.1. The fourth-order valence-electron chi connectivity index (χ4n) is 3.03. The molecule has 1 heterocycles. The molecular weight excluding hydrogens is 306 g/mol. The van der Waals surface area contributed by atoms with Crippen LogP contribution in [0.15, 0.2) is 0 Å². The fourth-order valence-corrected chi connectivity index (χ4v) is 3.03. The van der Waals surface area contributed by atoms with Gasteiger partial charge in [0.1, 0.15) is 6.04 Å². The second kappa shape index (κ2) is 7.81. The molecule has 1 aliphatic carbocycles. The van der Waals surface area contributed by atoms with Crippen LogP contribution in [-0.4, -0.2) is 32.8 Å². The summed E-state index contributed by atoms with van der Waals surface area (Å²) in [5.41, 5.74) is 3.15. The van der Waals surface area contributed by atoms with Gasteiger partial charge in [-0.25, -0.2) is 4.79 Å². The molecule has 1 fully saturated rings.